The predicted molar refractivity (Wildman–Crippen MR) is 92.0 cm³/mol. The standard InChI is InChI=1S/C18H26N4O3/c1-24-11-17(23)21-9-16-10-25-6-5-22(16)18(14-21)12-20(13-18)8-15-3-2-4-19-7-15/h2-4,7,16H,5-6,8-14H2,1H3. The summed E-state index contributed by atoms with van der Waals surface area (Å²) in [6.45, 7) is 7.01. The topological polar surface area (TPSA) is 58.1 Å². The van der Waals surface area contributed by atoms with Gasteiger partial charge in [-0.05, 0) is 11.6 Å². The molecule has 1 amide bonds. The molecule has 1 atom stereocenters. The molecular weight excluding hydrogens is 320 g/mol. The minimum absolute atomic E-state index is 0.0539. The molecule has 4 heterocycles. The lowest BCUT2D eigenvalue weighted by atomic mass is 9.82. The molecule has 7 nitrogen and oxygen atoms in total. The predicted octanol–water partition coefficient (Wildman–Crippen LogP) is -0.175. The van der Waals surface area contributed by atoms with Crippen LogP contribution in [-0.2, 0) is 20.8 Å². The number of carbonyl (C=O) groups excluding carboxylic acids is 1. The van der Waals surface area contributed by atoms with Crippen molar-refractivity contribution >= 4 is 5.91 Å². The van der Waals surface area contributed by atoms with Crippen LogP contribution in [0.4, 0.5) is 0 Å². The van der Waals surface area contributed by atoms with E-state index in [-0.39, 0.29) is 18.1 Å². The van der Waals surface area contributed by atoms with Crippen LogP contribution in [0.15, 0.2) is 24.5 Å². The van der Waals surface area contributed by atoms with Gasteiger partial charge in [0, 0.05) is 58.8 Å². The SMILES string of the molecule is COCC(=O)N1CC2COCCN2C2(CN(Cc3cccnc3)C2)C1. The van der Waals surface area contributed by atoms with Crippen molar-refractivity contribution in [3.05, 3.63) is 30.1 Å². The Kier molecular flexibility index (Phi) is 4.73. The number of piperazine rings is 1. The first kappa shape index (κ1) is 16.9. The molecular formula is C18H26N4O3. The first-order valence-corrected chi connectivity index (χ1v) is 8.93. The van der Waals surface area contributed by atoms with E-state index < -0.39 is 0 Å². The van der Waals surface area contributed by atoms with E-state index in [0.29, 0.717) is 12.6 Å². The second-order valence-corrected chi connectivity index (χ2v) is 7.36. The van der Waals surface area contributed by atoms with Crippen molar-refractivity contribution in [2.45, 2.75) is 18.1 Å². The van der Waals surface area contributed by atoms with Gasteiger partial charge in [-0.15, -0.1) is 0 Å². The smallest absolute Gasteiger partial charge is 0.248 e. The Morgan fingerprint density at radius 1 is 1.44 bits per heavy atom. The summed E-state index contributed by atoms with van der Waals surface area (Å²) in [5.74, 6) is 0.0813. The van der Waals surface area contributed by atoms with Crippen molar-refractivity contribution < 1.29 is 14.3 Å². The fraction of sp³-hybridized carbons (Fsp3) is 0.667. The van der Waals surface area contributed by atoms with Crippen LogP contribution in [0.2, 0.25) is 0 Å². The third-order valence-electron chi connectivity index (χ3n) is 5.54. The number of fused-ring (bicyclic) bond motifs is 2. The average molecular weight is 346 g/mol. The van der Waals surface area contributed by atoms with Gasteiger partial charge >= 0.3 is 0 Å². The molecule has 0 saturated carbocycles. The van der Waals surface area contributed by atoms with Crippen LogP contribution in [0.1, 0.15) is 5.56 Å². The highest BCUT2D eigenvalue weighted by Gasteiger charge is 2.54. The van der Waals surface area contributed by atoms with E-state index in [0.717, 1.165) is 45.9 Å². The van der Waals surface area contributed by atoms with Crippen molar-refractivity contribution in [1.82, 2.24) is 19.7 Å². The molecule has 7 heteroatoms. The zero-order valence-corrected chi connectivity index (χ0v) is 14.8. The Balaban J connectivity index is 1.46. The third-order valence-corrected chi connectivity index (χ3v) is 5.54. The van der Waals surface area contributed by atoms with Crippen molar-refractivity contribution in [2.75, 3.05) is 59.7 Å². The lowest BCUT2D eigenvalue weighted by Gasteiger charge is -2.63. The Morgan fingerprint density at radius 3 is 3.08 bits per heavy atom. The van der Waals surface area contributed by atoms with Gasteiger partial charge in [-0.1, -0.05) is 6.07 Å². The number of morpholine rings is 1. The molecule has 1 unspecified atom stereocenters. The van der Waals surface area contributed by atoms with Gasteiger partial charge in [0.1, 0.15) is 6.61 Å². The number of ether oxygens (including phenoxy) is 2. The molecule has 0 bridgehead atoms. The summed E-state index contributed by atoms with van der Waals surface area (Å²) in [4.78, 5) is 23.6. The largest absolute Gasteiger partial charge is 0.378 e. The zero-order valence-electron chi connectivity index (χ0n) is 14.8. The fourth-order valence-corrected chi connectivity index (χ4v) is 4.53. The van der Waals surface area contributed by atoms with E-state index in [4.69, 9.17) is 9.47 Å². The summed E-state index contributed by atoms with van der Waals surface area (Å²) >= 11 is 0. The van der Waals surface area contributed by atoms with Gasteiger partial charge in [0.25, 0.3) is 0 Å². The maximum atomic E-state index is 12.4. The zero-order chi connectivity index (χ0) is 17.3. The number of methoxy groups -OCH3 is 1. The van der Waals surface area contributed by atoms with Gasteiger partial charge in [0.2, 0.25) is 5.91 Å². The molecule has 1 spiro atoms. The van der Waals surface area contributed by atoms with Crippen molar-refractivity contribution in [2.24, 2.45) is 0 Å². The fourth-order valence-electron chi connectivity index (χ4n) is 4.53. The van der Waals surface area contributed by atoms with Crippen LogP contribution >= 0.6 is 0 Å². The molecule has 25 heavy (non-hydrogen) atoms. The van der Waals surface area contributed by atoms with Gasteiger partial charge in [-0.2, -0.15) is 0 Å². The summed E-state index contributed by atoms with van der Waals surface area (Å²) in [5, 5.41) is 0. The molecule has 3 fully saturated rings. The van der Waals surface area contributed by atoms with Crippen LogP contribution in [0.3, 0.4) is 0 Å². The molecule has 0 aliphatic carbocycles. The summed E-state index contributed by atoms with van der Waals surface area (Å²) in [7, 11) is 1.58. The van der Waals surface area contributed by atoms with E-state index in [9.17, 15) is 4.79 Å². The van der Waals surface area contributed by atoms with Gasteiger partial charge in [-0.3, -0.25) is 19.6 Å². The number of hydrogen-bond acceptors (Lipinski definition) is 6. The molecule has 1 aromatic rings. The number of carbonyl (C=O) groups is 1. The highest BCUT2D eigenvalue weighted by atomic mass is 16.5. The summed E-state index contributed by atoms with van der Waals surface area (Å²) in [5.41, 5.74) is 1.29. The molecule has 1 aromatic heterocycles. The minimum Gasteiger partial charge on any atom is -0.378 e. The maximum absolute atomic E-state index is 12.4. The minimum atomic E-state index is 0.0539. The van der Waals surface area contributed by atoms with E-state index in [1.165, 1.54) is 5.56 Å². The number of rotatable bonds is 4. The first-order chi connectivity index (χ1) is 12.2. The van der Waals surface area contributed by atoms with Gasteiger partial charge in [-0.25, -0.2) is 0 Å². The van der Waals surface area contributed by atoms with Crippen molar-refractivity contribution in [3.8, 4) is 0 Å². The molecule has 4 rings (SSSR count). The first-order valence-electron chi connectivity index (χ1n) is 8.93. The van der Waals surface area contributed by atoms with Crippen molar-refractivity contribution in [1.29, 1.82) is 0 Å². The maximum Gasteiger partial charge on any atom is 0.248 e. The molecule has 0 radical (unpaired) electrons. The summed E-state index contributed by atoms with van der Waals surface area (Å²) < 4.78 is 10.7. The Hall–Kier alpha value is -1.54. The van der Waals surface area contributed by atoms with Crippen LogP contribution < -0.4 is 0 Å². The quantitative estimate of drug-likeness (QED) is 0.754. The number of aromatic nitrogens is 1. The summed E-state index contributed by atoms with van der Waals surface area (Å²) in [6, 6.07) is 4.39. The lowest BCUT2D eigenvalue weighted by molar-refractivity contribution is -0.177. The number of pyridine rings is 1. The molecule has 0 aromatic carbocycles. The number of likely N-dealkylation sites (tertiary alicyclic amines) is 1. The van der Waals surface area contributed by atoms with Gasteiger partial charge in [0.15, 0.2) is 0 Å². The molecule has 136 valence electrons. The van der Waals surface area contributed by atoms with Gasteiger partial charge < -0.3 is 14.4 Å². The molecule has 0 N–H and O–H groups in total. The van der Waals surface area contributed by atoms with Crippen LogP contribution in [0.5, 0.6) is 0 Å². The van der Waals surface area contributed by atoms with E-state index >= 15 is 0 Å². The highest BCUT2D eigenvalue weighted by Crippen LogP contribution is 2.36. The van der Waals surface area contributed by atoms with E-state index in [2.05, 4.69) is 20.9 Å². The van der Waals surface area contributed by atoms with Crippen LogP contribution in [-0.4, -0.2) is 96.8 Å². The van der Waals surface area contributed by atoms with Crippen LogP contribution in [0.25, 0.3) is 0 Å². The number of amides is 1. The second kappa shape index (κ2) is 6.99. The second-order valence-electron chi connectivity index (χ2n) is 7.36. The van der Waals surface area contributed by atoms with E-state index in [1.807, 2.05) is 17.2 Å². The Morgan fingerprint density at radius 2 is 2.32 bits per heavy atom. The monoisotopic (exact) mass is 346 g/mol. The third kappa shape index (κ3) is 3.29. The normalized spacial score (nSPS) is 26.3. The van der Waals surface area contributed by atoms with Crippen molar-refractivity contribution in [3.63, 3.8) is 0 Å². The summed E-state index contributed by atoms with van der Waals surface area (Å²) in [6.07, 6.45) is 3.73. The molecule has 3 aliphatic rings. The van der Waals surface area contributed by atoms with E-state index in [1.54, 1.807) is 13.3 Å². The lowest BCUT2D eigenvalue weighted by Crippen LogP contribution is -2.80. The molecule has 3 aliphatic heterocycles. The number of nitrogens with zero attached hydrogens (tertiary/aromatic N) is 4. The molecule has 3 saturated heterocycles. The Bertz CT molecular complexity index is 606. The van der Waals surface area contributed by atoms with Crippen LogP contribution in [0, 0.1) is 0 Å². The number of hydrogen-bond donors (Lipinski definition) is 0. The highest BCUT2D eigenvalue weighted by molar-refractivity contribution is 5.77. The Labute approximate surface area is 148 Å². The van der Waals surface area contributed by atoms with Gasteiger partial charge in [0.05, 0.1) is 24.8 Å². The average Bonchev–Trinajstić information content (AvgIpc) is 2.61.